The van der Waals surface area contributed by atoms with Gasteiger partial charge >= 0.3 is 6.09 Å². The van der Waals surface area contributed by atoms with Gasteiger partial charge in [-0.2, -0.15) is 0 Å². The molecule has 0 aliphatic heterocycles. The second-order valence-corrected chi connectivity index (χ2v) is 6.53. The standard InChI is InChI=1S/C18H24N4O3/c1-12(16-11-19-8-9-20-16)21-15-10-13(24-5)6-7-14(15)22-17(23)25-18(2,3)4/h6-12,21H,1-5H3,(H,22,23). The lowest BCUT2D eigenvalue weighted by molar-refractivity contribution is 0.0636. The van der Waals surface area contributed by atoms with Gasteiger partial charge in [-0.05, 0) is 39.8 Å². The van der Waals surface area contributed by atoms with Gasteiger partial charge in [-0.25, -0.2) is 4.79 Å². The Morgan fingerprint density at radius 1 is 1.20 bits per heavy atom. The van der Waals surface area contributed by atoms with Gasteiger partial charge in [0.15, 0.2) is 0 Å². The number of nitrogens with zero attached hydrogens (tertiary/aromatic N) is 2. The van der Waals surface area contributed by atoms with Crippen LogP contribution in [0.2, 0.25) is 0 Å². The van der Waals surface area contributed by atoms with E-state index in [0.717, 1.165) is 5.69 Å². The van der Waals surface area contributed by atoms with Crippen molar-refractivity contribution in [2.24, 2.45) is 0 Å². The molecule has 1 amide bonds. The van der Waals surface area contributed by atoms with Crippen LogP contribution in [0.25, 0.3) is 0 Å². The summed E-state index contributed by atoms with van der Waals surface area (Å²) >= 11 is 0. The van der Waals surface area contributed by atoms with Gasteiger partial charge in [0.25, 0.3) is 0 Å². The van der Waals surface area contributed by atoms with E-state index in [0.29, 0.717) is 17.1 Å². The number of rotatable bonds is 5. The maximum absolute atomic E-state index is 12.1. The van der Waals surface area contributed by atoms with E-state index in [1.807, 2.05) is 27.7 Å². The first-order valence-electron chi connectivity index (χ1n) is 7.99. The molecule has 7 nitrogen and oxygen atoms in total. The molecule has 1 unspecified atom stereocenters. The summed E-state index contributed by atoms with van der Waals surface area (Å²) in [5, 5.41) is 6.08. The molecule has 7 heteroatoms. The number of hydrogen-bond acceptors (Lipinski definition) is 6. The van der Waals surface area contributed by atoms with E-state index in [-0.39, 0.29) is 6.04 Å². The third kappa shape index (κ3) is 5.63. The van der Waals surface area contributed by atoms with Crippen LogP contribution in [0.4, 0.5) is 16.2 Å². The second kappa shape index (κ2) is 7.83. The molecule has 1 aromatic carbocycles. The van der Waals surface area contributed by atoms with Crippen LogP contribution in [0.5, 0.6) is 5.75 Å². The number of carbonyl (C=O) groups excluding carboxylic acids is 1. The summed E-state index contributed by atoms with van der Waals surface area (Å²) in [7, 11) is 1.59. The lowest BCUT2D eigenvalue weighted by Crippen LogP contribution is -2.27. The number of methoxy groups -OCH3 is 1. The minimum absolute atomic E-state index is 0.111. The van der Waals surface area contributed by atoms with Crippen molar-refractivity contribution in [3.8, 4) is 5.75 Å². The van der Waals surface area contributed by atoms with Gasteiger partial charge in [0.2, 0.25) is 0 Å². The van der Waals surface area contributed by atoms with Crippen molar-refractivity contribution in [1.29, 1.82) is 0 Å². The fourth-order valence-electron chi connectivity index (χ4n) is 2.13. The second-order valence-electron chi connectivity index (χ2n) is 6.53. The van der Waals surface area contributed by atoms with E-state index in [2.05, 4.69) is 20.6 Å². The molecule has 0 aliphatic rings. The third-order valence-corrected chi connectivity index (χ3v) is 3.26. The molecule has 1 atom stereocenters. The Morgan fingerprint density at radius 3 is 2.56 bits per heavy atom. The van der Waals surface area contributed by atoms with Crippen molar-refractivity contribution < 1.29 is 14.3 Å². The SMILES string of the molecule is COc1ccc(NC(=O)OC(C)(C)C)c(NC(C)c2cnccn2)c1. The molecule has 0 fully saturated rings. The molecule has 1 heterocycles. The Hall–Kier alpha value is -2.83. The van der Waals surface area contributed by atoms with Crippen LogP contribution in [0.1, 0.15) is 39.4 Å². The van der Waals surface area contributed by atoms with Gasteiger partial charge in [0.05, 0.1) is 36.4 Å². The number of anilines is 2. The molecule has 0 radical (unpaired) electrons. The molecule has 0 saturated carbocycles. The zero-order valence-electron chi connectivity index (χ0n) is 15.2. The number of aromatic nitrogens is 2. The summed E-state index contributed by atoms with van der Waals surface area (Å²) in [5.41, 5.74) is 1.50. The van der Waals surface area contributed by atoms with Gasteiger partial charge in [0, 0.05) is 18.5 Å². The fraction of sp³-hybridized carbons (Fsp3) is 0.389. The van der Waals surface area contributed by atoms with Gasteiger partial charge < -0.3 is 14.8 Å². The fourth-order valence-corrected chi connectivity index (χ4v) is 2.13. The molecule has 0 bridgehead atoms. The number of carbonyl (C=O) groups is 1. The van der Waals surface area contributed by atoms with Crippen LogP contribution in [-0.2, 0) is 4.74 Å². The van der Waals surface area contributed by atoms with Gasteiger partial charge in [-0.3, -0.25) is 15.3 Å². The van der Waals surface area contributed by atoms with Crippen LogP contribution in [0.3, 0.4) is 0 Å². The minimum Gasteiger partial charge on any atom is -0.497 e. The molecule has 2 aromatic rings. The van der Waals surface area contributed by atoms with E-state index >= 15 is 0 Å². The Morgan fingerprint density at radius 2 is 1.96 bits per heavy atom. The summed E-state index contributed by atoms with van der Waals surface area (Å²) in [6.07, 6.45) is 4.43. The highest BCUT2D eigenvalue weighted by Gasteiger charge is 2.18. The lowest BCUT2D eigenvalue weighted by atomic mass is 10.2. The topological polar surface area (TPSA) is 85.4 Å². The lowest BCUT2D eigenvalue weighted by Gasteiger charge is -2.22. The first kappa shape index (κ1) is 18.5. The first-order chi connectivity index (χ1) is 11.8. The van der Waals surface area contributed by atoms with Crippen LogP contribution >= 0.6 is 0 Å². The zero-order chi connectivity index (χ0) is 18.4. The quantitative estimate of drug-likeness (QED) is 0.852. The maximum atomic E-state index is 12.1. The highest BCUT2D eigenvalue weighted by atomic mass is 16.6. The monoisotopic (exact) mass is 344 g/mol. The molecule has 0 aliphatic carbocycles. The largest absolute Gasteiger partial charge is 0.497 e. The predicted octanol–water partition coefficient (Wildman–Crippen LogP) is 4.01. The Labute approximate surface area is 147 Å². The first-order valence-corrected chi connectivity index (χ1v) is 7.99. The van der Waals surface area contributed by atoms with Crippen LogP contribution in [-0.4, -0.2) is 28.8 Å². The van der Waals surface area contributed by atoms with E-state index in [1.165, 1.54) is 0 Å². The van der Waals surface area contributed by atoms with Crippen molar-refractivity contribution in [2.75, 3.05) is 17.7 Å². The molecule has 2 rings (SSSR count). The van der Waals surface area contributed by atoms with Crippen molar-refractivity contribution in [3.63, 3.8) is 0 Å². The Bertz CT molecular complexity index is 714. The molecular formula is C18H24N4O3. The number of benzene rings is 1. The highest BCUT2D eigenvalue weighted by molar-refractivity contribution is 5.90. The maximum Gasteiger partial charge on any atom is 0.412 e. The summed E-state index contributed by atoms with van der Waals surface area (Å²) in [6, 6.07) is 5.22. The van der Waals surface area contributed by atoms with E-state index in [1.54, 1.807) is 43.9 Å². The van der Waals surface area contributed by atoms with Crippen molar-refractivity contribution in [2.45, 2.75) is 39.3 Å². The minimum atomic E-state index is -0.572. The average molecular weight is 344 g/mol. The summed E-state index contributed by atoms with van der Waals surface area (Å²) in [5.74, 6) is 0.670. The van der Waals surface area contributed by atoms with Gasteiger partial charge in [-0.1, -0.05) is 0 Å². The molecule has 1 aromatic heterocycles. The molecule has 134 valence electrons. The van der Waals surface area contributed by atoms with Crippen molar-refractivity contribution in [1.82, 2.24) is 9.97 Å². The number of ether oxygens (including phenoxy) is 2. The molecule has 2 N–H and O–H groups in total. The molecular weight excluding hydrogens is 320 g/mol. The normalized spacial score (nSPS) is 12.2. The molecule has 25 heavy (non-hydrogen) atoms. The van der Waals surface area contributed by atoms with Crippen molar-refractivity contribution in [3.05, 3.63) is 42.5 Å². The number of amides is 1. The highest BCUT2D eigenvalue weighted by Crippen LogP contribution is 2.30. The Balaban J connectivity index is 2.21. The number of nitrogens with one attached hydrogen (secondary N) is 2. The van der Waals surface area contributed by atoms with E-state index in [4.69, 9.17) is 9.47 Å². The van der Waals surface area contributed by atoms with Crippen LogP contribution in [0.15, 0.2) is 36.8 Å². The number of hydrogen-bond donors (Lipinski definition) is 2. The Kier molecular flexibility index (Phi) is 5.80. The predicted molar refractivity (Wildman–Crippen MR) is 96.9 cm³/mol. The van der Waals surface area contributed by atoms with Crippen LogP contribution < -0.4 is 15.4 Å². The van der Waals surface area contributed by atoms with Gasteiger partial charge in [0.1, 0.15) is 11.4 Å². The molecule has 0 saturated heterocycles. The van der Waals surface area contributed by atoms with Crippen molar-refractivity contribution >= 4 is 17.5 Å². The van der Waals surface area contributed by atoms with E-state index < -0.39 is 11.7 Å². The smallest absolute Gasteiger partial charge is 0.412 e. The van der Waals surface area contributed by atoms with Gasteiger partial charge in [-0.15, -0.1) is 0 Å². The average Bonchev–Trinajstić information content (AvgIpc) is 2.55. The summed E-state index contributed by atoms with van der Waals surface area (Å²) in [6.45, 7) is 7.41. The molecule has 0 spiro atoms. The summed E-state index contributed by atoms with van der Waals surface area (Å²) < 4.78 is 10.6. The van der Waals surface area contributed by atoms with E-state index in [9.17, 15) is 4.79 Å². The zero-order valence-corrected chi connectivity index (χ0v) is 15.2. The summed E-state index contributed by atoms with van der Waals surface area (Å²) in [4.78, 5) is 20.4. The third-order valence-electron chi connectivity index (χ3n) is 3.26. The van der Waals surface area contributed by atoms with Crippen LogP contribution in [0, 0.1) is 0 Å².